The highest BCUT2D eigenvalue weighted by Gasteiger charge is 2.31. The summed E-state index contributed by atoms with van der Waals surface area (Å²) in [5.41, 5.74) is 1.06. The van der Waals surface area contributed by atoms with E-state index < -0.39 is 10.0 Å². The average Bonchev–Trinajstić information content (AvgIpc) is 2.77. The average molecular weight is 318 g/mol. The molecule has 1 aromatic heterocycles. The molecule has 0 spiro atoms. The number of rotatable bonds is 8. The van der Waals surface area contributed by atoms with Gasteiger partial charge in [0.2, 0.25) is 10.0 Å². The largest absolute Gasteiger partial charge is 0.383 e. The maximum atomic E-state index is 12.8. The van der Waals surface area contributed by atoms with E-state index in [1.165, 1.54) is 4.31 Å². The second-order valence-corrected chi connectivity index (χ2v) is 7.42. The van der Waals surface area contributed by atoms with Gasteiger partial charge in [-0.15, -0.1) is 0 Å². The summed E-state index contributed by atoms with van der Waals surface area (Å²) in [4.78, 5) is 0.251. The fraction of sp³-hybridized carbons (Fsp3) is 0.769. The monoisotopic (exact) mass is 318 g/mol. The van der Waals surface area contributed by atoms with E-state index >= 15 is 0 Å². The normalized spacial score (nSPS) is 14.1. The molecule has 1 unspecified atom stereocenters. The first kappa shape index (κ1) is 18.1. The maximum absolute atomic E-state index is 12.8. The number of sulfonamides is 1. The van der Waals surface area contributed by atoms with Crippen LogP contribution in [0.3, 0.4) is 0 Å². The Morgan fingerprint density at radius 2 is 2.00 bits per heavy atom. The van der Waals surface area contributed by atoms with Crippen molar-refractivity contribution in [1.82, 2.24) is 19.8 Å². The number of aromatic nitrogens is 2. The fourth-order valence-electron chi connectivity index (χ4n) is 1.96. The van der Waals surface area contributed by atoms with Gasteiger partial charge in [0, 0.05) is 32.8 Å². The Kier molecular flexibility index (Phi) is 6.33. The van der Waals surface area contributed by atoms with Crippen molar-refractivity contribution in [3.63, 3.8) is 0 Å². The molecule has 1 atom stereocenters. The molecule has 0 aromatic carbocycles. The molecule has 7 nitrogen and oxygen atoms in total. The molecule has 0 amide bonds. The van der Waals surface area contributed by atoms with Gasteiger partial charge < -0.3 is 10.1 Å². The van der Waals surface area contributed by atoms with Crippen LogP contribution in [0.25, 0.3) is 0 Å². The van der Waals surface area contributed by atoms with Crippen LogP contribution in [0, 0.1) is 6.92 Å². The van der Waals surface area contributed by atoms with E-state index in [1.807, 2.05) is 20.8 Å². The van der Waals surface area contributed by atoms with Gasteiger partial charge in [-0.25, -0.2) is 8.42 Å². The van der Waals surface area contributed by atoms with Crippen LogP contribution in [0.15, 0.2) is 4.90 Å². The molecule has 0 aliphatic heterocycles. The lowest BCUT2D eigenvalue weighted by Gasteiger charge is -2.24. The highest BCUT2D eigenvalue weighted by molar-refractivity contribution is 7.89. The predicted octanol–water partition coefficient (Wildman–Crippen LogP) is 0.872. The summed E-state index contributed by atoms with van der Waals surface area (Å²) in [5.74, 6) is 0. The Labute approximate surface area is 127 Å². The first-order valence-corrected chi connectivity index (χ1v) is 8.40. The van der Waals surface area contributed by atoms with Gasteiger partial charge >= 0.3 is 0 Å². The third-order valence-corrected chi connectivity index (χ3v) is 5.48. The SMILES string of the molecule is COCC(C)N(C)S(=O)(=O)c1c(CNC(C)C)n[nH]c1C. The summed E-state index contributed by atoms with van der Waals surface area (Å²) in [6.07, 6.45) is 0. The van der Waals surface area contributed by atoms with Crippen molar-refractivity contribution >= 4 is 10.0 Å². The minimum Gasteiger partial charge on any atom is -0.383 e. The van der Waals surface area contributed by atoms with Gasteiger partial charge in [-0.3, -0.25) is 5.10 Å². The molecule has 0 bridgehead atoms. The van der Waals surface area contributed by atoms with Crippen molar-refractivity contribution in [2.24, 2.45) is 0 Å². The highest BCUT2D eigenvalue weighted by Crippen LogP contribution is 2.23. The summed E-state index contributed by atoms with van der Waals surface area (Å²) in [6, 6.07) is 0.00270. The number of aromatic amines is 1. The van der Waals surface area contributed by atoms with E-state index in [2.05, 4.69) is 15.5 Å². The first-order chi connectivity index (χ1) is 9.71. The number of nitrogens with zero attached hydrogens (tertiary/aromatic N) is 2. The van der Waals surface area contributed by atoms with Gasteiger partial charge in [0.1, 0.15) is 4.90 Å². The van der Waals surface area contributed by atoms with Crippen molar-refractivity contribution in [3.05, 3.63) is 11.4 Å². The Morgan fingerprint density at radius 3 is 2.52 bits per heavy atom. The van der Waals surface area contributed by atoms with Gasteiger partial charge in [0.15, 0.2) is 0 Å². The molecule has 2 N–H and O–H groups in total. The Balaban J connectivity index is 3.10. The molecule has 0 fully saturated rings. The molecule has 0 aliphatic rings. The Morgan fingerprint density at radius 1 is 1.38 bits per heavy atom. The molecular weight excluding hydrogens is 292 g/mol. The lowest BCUT2D eigenvalue weighted by molar-refractivity contribution is 0.149. The van der Waals surface area contributed by atoms with Crippen LogP contribution in [-0.2, 0) is 21.3 Å². The van der Waals surface area contributed by atoms with Crippen LogP contribution in [0.5, 0.6) is 0 Å². The third kappa shape index (κ3) is 4.26. The zero-order valence-corrected chi connectivity index (χ0v) is 14.4. The second kappa shape index (κ2) is 7.35. The van der Waals surface area contributed by atoms with Gasteiger partial charge in [-0.2, -0.15) is 9.40 Å². The van der Waals surface area contributed by atoms with Crippen LogP contribution < -0.4 is 5.32 Å². The number of hydrogen-bond donors (Lipinski definition) is 2. The Hall–Kier alpha value is -0.960. The summed E-state index contributed by atoms with van der Waals surface area (Å²) >= 11 is 0. The molecule has 1 rings (SSSR count). The molecule has 8 heteroatoms. The molecule has 0 saturated carbocycles. The van der Waals surface area contributed by atoms with Gasteiger partial charge in [0.25, 0.3) is 0 Å². The predicted molar refractivity (Wildman–Crippen MR) is 81.6 cm³/mol. The number of aryl methyl sites for hydroxylation is 1. The van der Waals surface area contributed by atoms with Crippen LogP contribution in [-0.4, -0.2) is 55.8 Å². The number of H-pyrrole nitrogens is 1. The zero-order valence-electron chi connectivity index (χ0n) is 13.6. The number of nitrogens with one attached hydrogen (secondary N) is 2. The maximum Gasteiger partial charge on any atom is 0.246 e. The molecule has 0 aliphatic carbocycles. The van der Waals surface area contributed by atoms with Crippen LogP contribution >= 0.6 is 0 Å². The minimum atomic E-state index is -3.61. The standard InChI is InChI=1S/C13H26N4O3S/c1-9(2)14-7-12-13(11(4)15-16-12)21(18,19)17(5)10(3)8-20-6/h9-10,14H,7-8H2,1-6H3,(H,15,16). The smallest absolute Gasteiger partial charge is 0.246 e. The molecular formula is C13H26N4O3S. The molecule has 0 radical (unpaired) electrons. The van der Waals surface area contributed by atoms with Crippen LogP contribution in [0.2, 0.25) is 0 Å². The number of likely N-dealkylation sites (N-methyl/N-ethyl adjacent to an activating group) is 1. The summed E-state index contributed by atoms with van der Waals surface area (Å²) in [6.45, 7) is 8.27. The lowest BCUT2D eigenvalue weighted by atomic mass is 10.3. The number of methoxy groups -OCH3 is 1. The summed E-state index contributed by atoms with van der Waals surface area (Å²) in [7, 11) is -0.492. The van der Waals surface area contributed by atoms with Gasteiger partial charge in [-0.1, -0.05) is 13.8 Å². The van der Waals surface area contributed by atoms with Gasteiger partial charge in [-0.05, 0) is 13.8 Å². The number of hydrogen-bond acceptors (Lipinski definition) is 5. The van der Waals surface area contributed by atoms with E-state index in [-0.39, 0.29) is 17.0 Å². The molecule has 0 saturated heterocycles. The molecule has 21 heavy (non-hydrogen) atoms. The quantitative estimate of drug-likeness (QED) is 0.743. The number of ether oxygens (including phenoxy) is 1. The first-order valence-electron chi connectivity index (χ1n) is 6.96. The van der Waals surface area contributed by atoms with E-state index in [9.17, 15) is 8.42 Å². The lowest BCUT2D eigenvalue weighted by Crippen LogP contribution is -2.38. The van der Waals surface area contributed by atoms with Crippen molar-refractivity contribution in [2.45, 2.75) is 51.2 Å². The molecule has 1 heterocycles. The summed E-state index contributed by atoms with van der Waals surface area (Å²) < 4.78 is 31.9. The van der Waals surface area contributed by atoms with Crippen molar-refractivity contribution < 1.29 is 13.2 Å². The molecule has 1 aromatic rings. The van der Waals surface area contributed by atoms with Crippen molar-refractivity contribution in [3.8, 4) is 0 Å². The van der Waals surface area contributed by atoms with Crippen molar-refractivity contribution in [1.29, 1.82) is 0 Å². The van der Waals surface area contributed by atoms with E-state index in [0.29, 0.717) is 24.5 Å². The highest BCUT2D eigenvalue weighted by atomic mass is 32.2. The summed E-state index contributed by atoms with van der Waals surface area (Å²) in [5, 5.41) is 10.1. The third-order valence-electron chi connectivity index (χ3n) is 3.30. The molecule has 122 valence electrons. The van der Waals surface area contributed by atoms with Gasteiger partial charge in [0.05, 0.1) is 18.0 Å². The topological polar surface area (TPSA) is 87.3 Å². The van der Waals surface area contributed by atoms with Crippen molar-refractivity contribution in [2.75, 3.05) is 20.8 Å². The fourth-order valence-corrected chi connectivity index (χ4v) is 3.63. The van der Waals surface area contributed by atoms with E-state index in [0.717, 1.165) is 0 Å². The van der Waals surface area contributed by atoms with Crippen LogP contribution in [0.1, 0.15) is 32.2 Å². The minimum absolute atomic E-state index is 0.250. The zero-order chi connectivity index (χ0) is 16.2. The van der Waals surface area contributed by atoms with Crippen LogP contribution in [0.4, 0.5) is 0 Å². The second-order valence-electron chi connectivity index (χ2n) is 5.49. The van der Waals surface area contributed by atoms with E-state index in [1.54, 1.807) is 21.1 Å². The Bertz CT molecular complexity index is 554. The van der Waals surface area contributed by atoms with E-state index in [4.69, 9.17) is 4.74 Å².